The molecule has 0 fully saturated rings. The van der Waals surface area contributed by atoms with Crippen molar-refractivity contribution in [3.63, 3.8) is 0 Å². The van der Waals surface area contributed by atoms with Gasteiger partial charge in [-0.1, -0.05) is 54.6 Å². The third-order valence-electron chi connectivity index (χ3n) is 4.32. The van der Waals surface area contributed by atoms with E-state index < -0.39 is 0 Å². The number of nitrogens with zero attached hydrogens (tertiary/aromatic N) is 1. The van der Waals surface area contributed by atoms with Crippen LogP contribution in [0.1, 0.15) is 36.4 Å². The molecule has 0 bridgehead atoms. The van der Waals surface area contributed by atoms with Crippen LogP contribution in [0.4, 0.5) is 0 Å². The first kappa shape index (κ1) is 18.3. The van der Waals surface area contributed by atoms with Crippen molar-refractivity contribution >= 4 is 17.2 Å². The second kappa shape index (κ2) is 8.77. The zero-order chi connectivity index (χ0) is 18.4. The second-order valence-electron chi connectivity index (χ2n) is 6.63. The van der Waals surface area contributed by atoms with E-state index in [9.17, 15) is 4.79 Å². The van der Waals surface area contributed by atoms with Crippen LogP contribution < -0.4 is 5.32 Å². The minimum Gasteiger partial charge on any atom is -0.354 e. The third-order valence-corrected chi connectivity index (χ3v) is 5.16. The molecule has 1 aromatic heterocycles. The van der Waals surface area contributed by atoms with Gasteiger partial charge in [0.15, 0.2) is 0 Å². The number of aryl methyl sites for hydroxylation is 1. The van der Waals surface area contributed by atoms with Crippen molar-refractivity contribution in [3.05, 3.63) is 76.1 Å². The summed E-state index contributed by atoms with van der Waals surface area (Å²) in [5.74, 6) is 0.0303. The quantitative estimate of drug-likeness (QED) is 0.651. The predicted molar refractivity (Wildman–Crippen MR) is 108 cm³/mol. The van der Waals surface area contributed by atoms with Gasteiger partial charge in [-0.25, -0.2) is 4.98 Å². The molecule has 3 aromatic rings. The van der Waals surface area contributed by atoms with Crippen molar-refractivity contribution in [2.45, 2.75) is 39.2 Å². The Morgan fingerprint density at radius 2 is 1.81 bits per heavy atom. The Kier molecular flexibility index (Phi) is 6.18. The summed E-state index contributed by atoms with van der Waals surface area (Å²) in [6.07, 6.45) is 2.78. The van der Waals surface area contributed by atoms with Crippen LogP contribution in [0.2, 0.25) is 0 Å². The molecule has 0 saturated carbocycles. The minimum atomic E-state index is 0.0303. The lowest BCUT2D eigenvalue weighted by Gasteiger charge is -2.12. The topological polar surface area (TPSA) is 42.0 Å². The fourth-order valence-corrected chi connectivity index (χ4v) is 3.78. The fourth-order valence-electron chi connectivity index (χ4n) is 2.94. The van der Waals surface area contributed by atoms with Crippen molar-refractivity contribution in [1.82, 2.24) is 10.3 Å². The first-order valence-electron chi connectivity index (χ1n) is 8.95. The van der Waals surface area contributed by atoms with Crippen LogP contribution >= 0.6 is 11.3 Å². The van der Waals surface area contributed by atoms with Crippen molar-refractivity contribution in [3.8, 4) is 11.3 Å². The van der Waals surface area contributed by atoms with Gasteiger partial charge in [-0.05, 0) is 30.9 Å². The molecule has 1 amide bonds. The highest BCUT2D eigenvalue weighted by atomic mass is 32.1. The first-order chi connectivity index (χ1) is 12.6. The lowest BCUT2D eigenvalue weighted by molar-refractivity contribution is -0.119. The van der Waals surface area contributed by atoms with E-state index in [-0.39, 0.29) is 11.9 Å². The number of amides is 1. The van der Waals surface area contributed by atoms with Crippen LogP contribution in [0.25, 0.3) is 11.3 Å². The third kappa shape index (κ3) is 5.27. The minimum absolute atomic E-state index is 0.0303. The Bertz CT molecular complexity index is 840. The summed E-state index contributed by atoms with van der Waals surface area (Å²) in [7, 11) is 0. The maximum Gasteiger partial charge on any atom is 0.217 e. The summed E-state index contributed by atoms with van der Waals surface area (Å²) in [6.45, 7) is 3.60. The SMILES string of the molecule is CC(=O)N[C@H](C)CCc1ccc(-c2csc(Cc3ccccc3)n2)cc1. The van der Waals surface area contributed by atoms with Gasteiger partial charge in [0, 0.05) is 30.3 Å². The normalized spacial score (nSPS) is 11.9. The number of thiazole rings is 1. The van der Waals surface area contributed by atoms with Crippen LogP contribution in [0.15, 0.2) is 60.0 Å². The largest absolute Gasteiger partial charge is 0.354 e. The lowest BCUT2D eigenvalue weighted by atomic mass is 10.0. The van der Waals surface area contributed by atoms with Gasteiger partial charge in [0.05, 0.1) is 10.7 Å². The summed E-state index contributed by atoms with van der Waals surface area (Å²) in [6, 6.07) is 19.2. The fraction of sp³-hybridized carbons (Fsp3) is 0.273. The molecule has 0 spiro atoms. The van der Waals surface area contributed by atoms with E-state index in [4.69, 9.17) is 4.98 Å². The molecule has 0 saturated heterocycles. The number of nitrogens with one attached hydrogen (secondary N) is 1. The van der Waals surface area contributed by atoms with E-state index in [1.807, 2.05) is 13.0 Å². The molecular formula is C22H24N2OS. The van der Waals surface area contributed by atoms with Crippen LogP contribution in [0.5, 0.6) is 0 Å². The molecule has 134 valence electrons. The number of carbonyl (C=O) groups is 1. The van der Waals surface area contributed by atoms with Crippen molar-refractivity contribution in [1.29, 1.82) is 0 Å². The average molecular weight is 365 g/mol. The predicted octanol–water partition coefficient (Wildman–Crippen LogP) is 4.86. The molecule has 3 rings (SSSR count). The molecule has 3 nitrogen and oxygen atoms in total. The Balaban J connectivity index is 1.59. The highest BCUT2D eigenvalue weighted by Gasteiger charge is 2.07. The lowest BCUT2D eigenvalue weighted by Crippen LogP contribution is -2.30. The zero-order valence-corrected chi connectivity index (χ0v) is 16.1. The van der Waals surface area contributed by atoms with Gasteiger partial charge in [0.25, 0.3) is 0 Å². The summed E-state index contributed by atoms with van der Waals surface area (Å²) in [4.78, 5) is 15.9. The standard InChI is InChI=1S/C22H24N2OS/c1-16(23-17(2)25)8-9-18-10-12-20(13-11-18)21-15-26-22(24-21)14-19-6-4-3-5-7-19/h3-7,10-13,15-16H,8-9,14H2,1-2H3,(H,23,25)/t16-/m1/s1. The summed E-state index contributed by atoms with van der Waals surface area (Å²) in [5.41, 5.74) is 4.76. The van der Waals surface area contributed by atoms with E-state index in [0.29, 0.717) is 0 Å². The van der Waals surface area contributed by atoms with Crippen molar-refractivity contribution in [2.75, 3.05) is 0 Å². The van der Waals surface area contributed by atoms with Gasteiger partial charge in [-0.3, -0.25) is 4.79 Å². The first-order valence-corrected chi connectivity index (χ1v) is 9.83. The van der Waals surface area contributed by atoms with E-state index in [2.05, 4.69) is 59.2 Å². The number of carbonyl (C=O) groups excluding carboxylic acids is 1. The maximum absolute atomic E-state index is 11.1. The van der Waals surface area contributed by atoms with Gasteiger partial charge in [0.2, 0.25) is 5.91 Å². The van der Waals surface area contributed by atoms with E-state index >= 15 is 0 Å². The maximum atomic E-state index is 11.1. The molecule has 4 heteroatoms. The van der Waals surface area contributed by atoms with Gasteiger partial charge < -0.3 is 5.32 Å². The Morgan fingerprint density at radius 3 is 2.50 bits per heavy atom. The van der Waals surface area contributed by atoms with Crippen molar-refractivity contribution < 1.29 is 4.79 Å². The van der Waals surface area contributed by atoms with Gasteiger partial charge in [-0.2, -0.15) is 0 Å². The molecule has 0 unspecified atom stereocenters. The molecule has 1 N–H and O–H groups in total. The Morgan fingerprint density at radius 1 is 1.08 bits per heavy atom. The van der Waals surface area contributed by atoms with Gasteiger partial charge in [0.1, 0.15) is 0 Å². The van der Waals surface area contributed by atoms with Crippen LogP contribution in [0.3, 0.4) is 0 Å². The molecule has 2 aromatic carbocycles. The number of aromatic nitrogens is 1. The summed E-state index contributed by atoms with van der Waals surface area (Å²) in [5, 5.41) is 6.19. The molecule has 0 aliphatic rings. The number of rotatable bonds is 7. The number of benzene rings is 2. The molecule has 1 atom stereocenters. The van der Waals surface area contributed by atoms with E-state index in [0.717, 1.165) is 35.5 Å². The Hall–Kier alpha value is -2.46. The van der Waals surface area contributed by atoms with E-state index in [1.54, 1.807) is 18.3 Å². The summed E-state index contributed by atoms with van der Waals surface area (Å²) >= 11 is 1.71. The molecular weight excluding hydrogens is 340 g/mol. The molecule has 1 heterocycles. The number of hydrogen-bond donors (Lipinski definition) is 1. The molecule has 0 radical (unpaired) electrons. The zero-order valence-electron chi connectivity index (χ0n) is 15.2. The van der Waals surface area contributed by atoms with Crippen molar-refractivity contribution in [2.24, 2.45) is 0 Å². The Labute approximate surface area is 159 Å². The van der Waals surface area contributed by atoms with E-state index in [1.165, 1.54) is 11.1 Å². The van der Waals surface area contributed by atoms with Crippen LogP contribution in [-0.4, -0.2) is 16.9 Å². The monoisotopic (exact) mass is 364 g/mol. The van der Waals surface area contributed by atoms with Crippen LogP contribution in [-0.2, 0) is 17.6 Å². The molecule has 0 aliphatic heterocycles. The van der Waals surface area contributed by atoms with Gasteiger partial charge >= 0.3 is 0 Å². The summed E-state index contributed by atoms with van der Waals surface area (Å²) < 4.78 is 0. The number of hydrogen-bond acceptors (Lipinski definition) is 3. The molecule has 26 heavy (non-hydrogen) atoms. The second-order valence-corrected chi connectivity index (χ2v) is 7.57. The van der Waals surface area contributed by atoms with Crippen LogP contribution in [0, 0.1) is 0 Å². The highest BCUT2D eigenvalue weighted by Crippen LogP contribution is 2.24. The van der Waals surface area contributed by atoms with Gasteiger partial charge in [-0.15, -0.1) is 11.3 Å². The smallest absolute Gasteiger partial charge is 0.217 e. The average Bonchev–Trinajstić information content (AvgIpc) is 3.09. The highest BCUT2D eigenvalue weighted by molar-refractivity contribution is 7.10. The molecule has 0 aliphatic carbocycles.